The maximum atomic E-state index is 15.2. The molecule has 4 nitrogen and oxygen atoms in total. The van der Waals surface area contributed by atoms with Gasteiger partial charge in [0.15, 0.2) is 11.6 Å². The van der Waals surface area contributed by atoms with Crippen LogP contribution >= 0.6 is 11.6 Å². The number of hydrogen-bond acceptors (Lipinski definition) is 4. The molecule has 0 aromatic heterocycles. The highest BCUT2D eigenvalue weighted by Gasteiger charge is 2.27. The van der Waals surface area contributed by atoms with Crippen molar-refractivity contribution in [1.29, 1.82) is 0 Å². The first-order chi connectivity index (χ1) is 13.5. The fourth-order valence-corrected chi connectivity index (χ4v) is 4.42. The van der Waals surface area contributed by atoms with Gasteiger partial charge in [-0.2, -0.15) is 0 Å². The lowest BCUT2D eigenvalue weighted by Gasteiger charge is -2.25. The van der Waals surface area contributed by atoms with Crippen LogP contribution < -0.4 is 9.46 Å². The lowest BCUT2D eigenvalue weighted by molar-refractivity contribution is 0.280. The summed E-state index contributed by atoms with van der Waals surface area (Å²) < 4.78 is 49.8. The van der Waals surface area contributed by atoms with Crippen LogP contribution in [0.1, 0.15) is 51.3 Å². The number of benzene rings is 2. The van der Waals surface area contributed by atoms with Crippen LogP contribution in [0.5, 0.6) is 11.5 Å². The maximum Gasteiger partial charge on any atom is 0.181 e. The number of ether oxygens (including phenoxy) is 1. The Balaban J connectivity index is 2.32. The highest BCUT2D eigenvalue weighted by Crippen LogP contribution is 2.37. The number of nitrogens with one attached hydrogen (secondary N) is 1. The summed E-state index contributed by atoms with van der Waals surface area (Å²) in [6.45, 7) is 7.39. The van der Waals surface area contributed by atoms with Gasteiger partial charge in [-0.15, -0.1) is 4.72 Å². The molecule has 29 heavy (non-hydrogen) atoms. The van der Waals surface area contributed by atoms with Gasteiger partial charge in [0.05, 0.1) is 17.7 Å². The molecule has 0 aliphatic heterocycles. The molecule has 2 rings (SSSR count). The van der Waals surface area contributed by atoms with Crippen molar-refractivity contribution >= 4 is 23.0 Å². The third-order valence-electron chi connectivity index (χ3n) is 4.03. The van der Waals surface area contributed by atoms with Crippen LogP contribution in [0.25, 0.3) is 0 Å². The van der Waals surface area contributed by atoms with E-state index in [0.29, 0.717) is 17.7 Å². The first kappa shape index (κ1) is 23.9. The van der Waals surface area contributed by atoms with E-state index >= 15 is 4.39 Å². The maximum absolute atomic E-state index is 15.2. The third kappa shape index (κ3) is 6.83. The second kappa shape index (κ2) is 10.1. The Hall–Kier alpha value is -1.38. The van der Waals surface area contributed by atoms with Gasteiger partial charge in [0.2, 0.25) is 0 Å². The van der Waals surface area contributed by atoms with Crippen molar-refractivity contribution < 1.29 is 23.2 Å². The average molecular weight is 446 g/mol. The van der Waals surface area contributed by atoms with Crippen molar-refractivity contribution in [2.75, 3.05) is 5.75 Å². The minimum atomic E-state index is -1.35. The van der Waals surface area contributed by atoms with E-state index in [1.807, 2.05) is 27.7 Å². The molecule has 1 unspecified atom stereocenters. The molecule has 160 valence electrons. The molecule has 0 radical (unpaired) electrons. The SMILES string of the molecule is CC[C@H](N[S+]([O-])CC(C)(C)C)c1ccc(Cl)c(Oc2cc(F)cc(CO)c2)c1F. The zero-order valence-corrected chi connectivity index (χ0v) is 18.5. The molecule has 2 aromatic rings. The minimum Gasteiger partial charge on any atom is -0.598 e. The Kier molecular flexibility index (Phi) is 8.31. The largest absolute Gasteiger partial charge is 0.598 e. The summed E-state index contributed by atoms with van der Waals surface area (Å²) >= 11 is 4.76. The molecule has 8 heteroatoms. The van der Waals surface area contributed by atoms with Crippen LogP contribution in [0.15, 0.2) is 30.3 Å². The van der Waals surface area contributed by atoms with Gasteiger partial charge in [-0.05, 0) is 30.2 Å². The first-order valence-electron chi connectivity index (χ1n) is 9.24. The Labute approximate surface area is 178 Å². The summed E-state index contributed by atoms with van der Waals surface area (Å²) in [5.74, 6) is -1.15. The van der Waals surface area contributed by atoms with Crippen molar-refractivity contribution in [2.24, 2.45) is 5.41 Å². The topological polar surface area (TPSA) is 64.5 Å². The molecule has 2 N–H and O–H groups in total. The first-order valence-corrected chi connectivity index (χ1v) is 10.9. The van der Waals surface area contributed by atoms with Crippen molar-refractivity contribution in [3.8, 4) is 11.5 Å². The Morgan fingerprint density at radius 2 is 1.93 bits per heavy atom. The van der Waals surface area contributed by atoms with Crippen LogP contribution in [0.3, 0.4) is 0 Å². The smallest absolute Gasteiger partial charge is 0.181 e. The summed E-state index contributed by atoms with van der Waals surface area (Å²) in [6, 6.07) is 6.12. The molecule has 0 aliphatic carbocycles. The van der Waals surface area contributed by atoms with Gasteiger partial charge < -0.3 is 14.4 Å². The molecular weight excluding hydrogens is 420 g/mol. The fourth-order valence-electron chi connectivity index (χ4n) is 2.76. The molecule has 0 saturated carbocycles. The molecule has 0 fully saturated rings. The van der Waals surface area contributed by atoms with Crippen LogP contribution in [-0.4, -0.2) is 15.4 Å². The Morgan fingerprint density at radius 3 is 2.52 bits per heavy atom. The van der Waals surface area contributed by atoms with Gasteiger partial charge in [0.1, 0.15) is 17.3 Å². The highest BCUT2D eigenvalue weighted by atomic mass is 35.5. The van der Waals surface area contributed by atoms with Gasteiger partial charge in [0, 0.05) is 28.4 Å². The van der Waals surface area contributed by atoms with E-state index in [1.54, 1.807) is 0 Å². The predicted molar refractivity (Wildman–Crippen MR) is 112 cm³/mol. The van der Waals surface area contributed by atoms with Gasteiger partial charge >= 0.3 is 0 Å². The predicted octanol–water partition coefficient (Wildman–Crippen LogP) is 5.65. The van der Waals surface area contributed by atoms with Gasteiger partial charge in [-0.25, -0.2) is 8.78 Å². The Morgan fingerprint density at radius 1 is 1.24 bits per heavy atom. The zero-order chi connectivity index (χ0) is 21.8. The number of rotatable bonds is 8. The second-order valence-electron chi connectivity index (χ2n) is 7.96. The van der Waals surface area contributed by atoms with Gasteiger partial charge in [0.25, 0.3) is 0 Å². The minimum absolute atomic E-state index is 0.0179. The summed E-state index contributed by atoms with van der Waals surface area (Å²) in [4.78, 5) is 0. The summed E-state index contributed by atoms with van der Waals surface area (Å²) in [7, 11) is 0. The van der Waals surface area contributed by atoms with Crippen molar-refractivity contribution in [1.82, 2.24) is 4.72 Å². The summed E-state index contributed by atoms with van der Waals surface area (Å²) in [5.41, 5.74) is 0.399. The number of halogens is 3. The monoisotopic (exact) mass is 445 g/mol. The highest BCUT2D eigenvalue weighted by molar-refractivity contribution is 7.89. The molecule has 0 saturated heterocycles. The molecule has 0 bridgehead atoms. The van der Waals surface area contributed by atoms with Crippen molar-refractivity contribution in [3.05, 3.63) is 58.1 Å². The molecule has 0 aliphatic rings. The normalized spacial score (nSPS) is 14.0. The van der Waals surface area contributed by atoms with Crippen LogP contribution in [0.2, 0.25) is 5.02 Å². The van der Waals surface area contributed by atoms with E-state index in [0.717, 1.165) is 12.1 Å². The molecule has 2 atom stereocenters. The number of hydrogen-bond donors (Lipinski definition) is 2. The lowest BCUT2D eigenvalue weighted by atomic mass is 10.0. The van der Waals surface area contributed by atoms with Crippen molar-refractivity contribution in [3.63, 3.8) is 0 Å². The number of aliphatic hydroxyl groups is 1. The number of aliphatic hydroxyl groups excluding tert-OH is 1. The van der Waals surface area contributed by atoms with Crippen LogP contribution in [-0.2, 0) is 18.0 Å². The molecule has 0 amide bonds. The lowest BCUT2D eigenvalue weighted by Crippen LogP contribution is -2.35. The van der Waals surface area contributed by atoms with Crippen LogP contribution in [0.4, 0.5) is 8.78 Å². The standard InChI is InChI=1S/C21H26ClF2NO3S/c1-5-18(25-29(27)12-21(2,3)4)16-6-7-17(22)20(19(16)24)28-15-9-13(11-26)8-14(23)10-15/h6-10,18,25-26H,5,11-12H2,1-4H3/t18-,29?/m0/s1. The average Bonchev–Trinajstić information content (AvgIpc) is 2.61. The van der Waals surface area contributed by atoms with E-state index in [4.69, 9.17) is 16.3 Å². The van der Waals surface area contributed by atoms with Gasteiger partial charge in [-0.3, -0.25) is 0 Å². The molecule has 2 aromatic carbocycles. The summed E-state index contributed by atoms with van der Waals surface area (Å²) in [6.07, 6.45) is 0.489. The molecule has 0 spiro atoms. The van der Waals surface area contributed by atoms with E-state index in [-0.39, 0.29) is 34.1 Å². The molecular formula is C21H26ClF2NO3S. The summed E-state index contributed by atoms with van der Waals surface area (Å²) in [5, 5.41) is 9.24. The second-order valence-corrected chi connectivity index (χ2v) is 9.59. The van der Waals surface area contributed by atoms with E-state index < -0.39 is 29.0 Å². The zero-order valence-electron chi connectivity index (χ0n) is 16.9. The Bertz CT molecular complexity index is 845. The van der Waals surface area contributed by atoms with Crippen LogP contribution in [0, 0.1) is 17.0 Å². The van der Waals surface area contributed by atoms with Gasteiger partial charge in [-0.1, -0.05) is 45.4 Å². The van der Waals surface area contributed by atoms with Crippen molar-refractivity contribution in [2.45, 2.75) is 46.8 Å². The quantitative estimate of drug-likeness (QED) is 0.515. The third-order valence-corrected chi connectivity index (χ3v) is 6.01. The molecule has 0 heterocycles. The van der Waals surface area contributed by atoms with E-state index in [9.17, 15) is 14.0 Å². The van der Waals surface area contributed by atoms with E-state index in [1.165, 1.54) is 18.2 Å². The van der Waals surface area contributed by atoms with E-state index in [2.05, 4.69) is 4.72 Å². The fraction of sp³-hybridized carbons (Fsp3) is 0.429.